The molecule has 1 amide bonds. The molecule has 2 aromatic rings. The van der Waals surface area contributed by atoms with E-state index < -0.39 is 23.9 Å². The molecule has 1 atom stereocenters. The largest absolute Gasteiger partial charge is 0.494 e. The molecule has 0 aromatic heterocycles. The van der Waals surface area contributed by atoms with Gasteiger partial charge in [-0.1, -0.05) is 6.92 Å². The highest BCUT2D eigenvalue weighted by atomic mass is 32.1. The minimum Gasteiger partial charge on any atom is -0.494 e. The number of methoxy groups -OCH3 is 1. The van der Waals surface area contributed by atoms with Gasteiger partial charge in [-0.05, 0) is 67.2 Å². The molecule has 0 fully saturated rings. The molecule has 1 aliphatic rings. The Bertz CT molecular complexity index is 1040. The van der Waals surface area contributed by atoms with Crippen LogP contribution in [0.4, 0.5) is 23.7 Å². The van der Waals surface area contributed by atoms with Crippen molar-refractivity contribution in [3.8, 4) is 5.75 Å². The quantitative estimate of drug-likeness (QED) is 0.572. The number of likely N-dealkylation sites (N-methyl/N-ethyl adjacent to an activating group) is 1. The summed E-state index contributed by atoms with van der Waals surface area (Å²) < 4.78 is 48.9. The summed E-state index contributed by atoms with van der Waals surface area (Å²) in [6.07, 6.45) is -4.07. The minimum atomic E-state index is -4.42. The first-order valence-corrected chi connectivity index (χ1v) is 10.9. The van der Waals surface area contributed by atoms with Gasteiger partial charge >= 0.3 is 12.3 Å². The van der Waals surface area contributed by atoms with E-state index in [9.17, 15) is 18.0 Å². The van der Waals surface area contributed by atoms with Gasteiger partial charge in [0.1, 0.15) is 5.75 Å². The first kappa shape index (κ1) is 25.3. The zero-order valence-electron chi connectivity index (χ0n) is 18.9. The van der Waals surface area contributed by atoms with Crippen LogP contribution < -0.4 is 10.1 Å². The molecule has 0 radical (unpaired) electrons. The summed E-state index contributed by atoms with van der Waals surface area (Å²) in [5, 5.41) is 9.17. The highest BCUT2D eigenvalue weighted by molar-refractivity contribution is 7.80. The highest BCUT2D eigenvalue weighted by Gasteiger charge is 2.35. The summed E-state index contributed by atoms with van der Waals surface area (Å²) in [5.74, 6) is 0.721. The Balaban J connectivity index is 1.81. The summed E-state index contributed by atoms with van der Waals surface area (Å²) in [7, 11) is 2.89. The second-order valence-electron chi connectivity index (χ2n) is 7.54. The summed E-state index contributed by atoms with van der Waals surface area (Å²) in [6, 6.07) is 11.4. The number of hydrogen-bond donors (Lipinski definition) is 1. The van der Waals surface area contributed by atoms with Gasteiger partial charge in [-0.3, -0.25) is 0 Å². The van der Waals surface area contributed by atoms with E-state index in [-0.39, 0.29) is 11.7 Å². The van der Waals surface area contributed by atoms with Gasteiger partial charge in [0.05, 0.1) is 37.6 Å². The fourth-order valence-electron chi connectivity index (χ4n) is 3.32. The van der Waals surface area contributed by atoms with Crippen LogP contribution in [-0.2, 0) is 10.9 Å². The maximum Gasteiger partial charge on any atom is 0.416 e. The molecule has 182 valence electrons. The van der Waals surface area contributed by atoms with Gasteiger partial charge in [-0.25, -0.2) is 9.80 Å². The third-order valence-corrected chi connectivity index (χ3v) is 5.45. The van der Waals surface area contributed by atoms with E-state index >= 15 is 0 Å². The van der Waals surface area contributed by atoms with Crippen LogP contribution in [-0.4, -0.2) is 60.2 Å². The van der Waals surface area contributed by atoms with E-state index in [1.54, 1.807) is 7.05 Å². The summed E-state index contributed by atoms with van der Waals surface area (Å²) in [6.45, 7) is 2.86. The number of amides is 1. The van der Waals surface area contributed by atoms with Crippen molar-refractivity contribution in [3.05, 3.63) is 59.7 Å². The number of hydrazone groups is 1. The molecule has 0 bridgehead atoms. The van der Waals surface area contributed by atoms with Crippen LogP contribution in [0.15, 0.2) is 53.6 Å². The molecule has 0 saturated carbocycles. The maximum atomic E-state index is 12.8. The fraction of sp³-hybridized carbons (Fsp3) is 0.348. The van der Waals surface area contributed by atoms with E-state index in [0.717, 1.165) is 29.9 Å². The number of anilines is 1. The number of benzene rings is 2. The van der Waals surface area contributed by atoms with Crippen LogP contribution >= 0.6 is 12.2 Å². The van der Waals surface area contributed by atoms with Gasteiger partial charge < -0.3 is 19.7 Å². The highest BCUT2D eigenvalue weighted by Crippen LogP contribution is 2.30. The monoisotopic (exact) mass is 494 g/mol. The molecule has 3 rings (SSSR count). The molecule has 1 aliphatic heterocycles. The molecule has 34 heavy (non-hydrogen) atoms. The standard InChI is InChI=1S/C23H25F3N4O3S/c1-4-13-33-18-11-5-15(6-12-18)20-19(29(2)22(31)32-3)14-30(28-20)21(34)27-17-9-7-16(8-10-17)23(24,25)26/h5-12,19H,4,13-14H2,1-3H3,(H,27,34). The van der Waals surface area contributed by atoms with E-state index in [1.165, 1.54) is 29.2 Å². The van der Waals surface area contributed by atoms with E-state index in [1.807, 2.05) is 31.2 Å². The second-order valence-corrected chi connectivity index (χ2v) is 7.93. The minimum absolute atomic E-state index is 0.181. The Kier molecular flexibility index (Phi) is 7.98. The predicted molar refractivity (Wildman–Crippen MR) is 127 cm³/mol. The number of carbonyl (C=O) groups is 1. The topological polar surface area (TPSA) is 66.4 Å². The molecule has 11 heteroatoms. The van der Waals surface area contributed by atoms with Crippen LogP contribution in [0.2, 0.25) is 0 Å². The van der Waals surface area contributed by atoms with Gasteiger partial charge in [0.15, 0.2) is 5.11 Å². The van der Waals surface area contributed by atoms with Crippen molar-refractivity contribution in [1.82, 2.24) is 9.91 Å². The van der Waals surface area contributed by atoms with Crippen LogP contribution in [0.25, 0.3) is 0 Å². The van der Waals surface area contributed by atoms with Crippen LogP contribution in [0, 0.1) is 0 Å². The van der Waals surface area contributed by atoms with Crippen molar-refractivity contribution in [2.75, 3.05) is 32.6 Å². The van der Waals surface area contributed by atoms with Crippen LogP contribution in [0.5, 0.6) is 5.75 Å². The van der Waals surface area contributed by atoms with Crippen molar-refractivity contribution in [3.63, 3.8) is 0 Å². The van der Waals surface area contributed by atoms with Gasteiger partial charge in [0.2, 0.25) is 0 Å². The van der Waals surface area contributed by atoms with Crippen LogP contribution in [0.3, 0.4) is 0 Å². The van der Waals surface area contributed by atoms with Crippen molar-refractivity contribution >= 4 is 34.8 Å². The second kappa shape index (κ2) is 10.7. The lowest BCUT2D eigenvalue weighted by atomic mass is 10.0. The number of nitrogens with one attached hydrogen (secondary N) is 1. The molecule has 1 heterocycles. The Labute approximate surface area is 201 Å². The van der Waals surface area contributed by atoms with Crippen molar-refractivity contribution in [2.24, 2.45) is 5.10 Å². The first-order chi connectivity index (χ1) is 16.1. The summed E-state index contributed by atoms with van der Waals surface area (Å²) in [4.78, 5) is 13.6. The number of alkyl halides is 3. The number of nitrogens with zero attached hydrogens (tertiary/aromatic N) is 3. The third kappa shape index (κ3) is 5.96. The summed E-state index contributed by atoms with van der Waals surface area (Å²) >= 11 is 5.44. The molecule has 0 saturated heterocycles. The SMILES string of the molecule is CCCOc1ccc(C2=NN(C(=S)Nc3ccc(C(F)(F)F)cc3)CC2N(C)C(=O)OC)cc1. The lowest BCUT2D eigenvalue weighted by Crippen LogP contribution is -2.45. The fourth-order valence-corrected chi connectivity index (χ4v) is 3.55. The average molecular weight is 495 g/mol. The lowest BCUT2D eigenvalue weighted by Gasteiger charge is -2.25. The Morgan fingerprint density at radius 3 is 2.41 bits per heavy atom. The van der Waals surface area contributed by atoms with Crippen LogP contribution in [0.1, 0.15) is 24.5 Å². The van der Waals surface area contributed by atoms with Gasteiger partial charge in [-0.15, -0.1) is 0 Å². The Hall–Kier alpha value is -3.34. The maximum absolute atomic E-state index is 12.8. The van der Waals surface area contributed by atoms with Crippen molar-refractivity contribution in [1.29, 1.82) is 0 Å². The number of rotatable bonds is 6. The number of hydrogen-bond acceptors (Lipinski definition) is 5. The number of thiocarbonyl (C=S) groups is 1. The molecule has 7 nitrogen and oxygen atoms in total. The zero-order valence-corrected chi connectivity index (χ0v) is 19.7. The Morgan fingerprint density at radius 2 is 1.85 bits per heavy atom. The van der Waals surface area contributed by atoms with E-state index in [2.05, 4.69) is 10.4 Å². The van der Waals surface area contributed by atoms with Crippen molar-refractivity contribution < 1.29 is 27.4 Å². The van der Waals surface area contributed by atoms with Gasteiger partial charge in [0, 0.05) is 18.3 Å². The molecular formula is C23H25F3N4O3S. The molecule has 1 unspecified atom stereocenters. The van der Waals surface area contributed by atoms with Gasteiger partial charge in [-0.2, -0.15) is 18.3 Å². The lowest BCUT2D eigenvalue weighted by molar-refractivity contribution is -0.137. The number of halogens is 3. The first-order valence-electron chi connectivity index (χ1n) is 10.5. The molecule has 0 spiro atoms. The molecular weight excluding hydrogens is 469 g/mol. The number of ether oxygens (including phenoxy) is 2. The summed E-state index contributed by atoms with van der Waals surface area (Å²) in [5.41, 5.74) is 0.990. The van der Waals surface area contributed by atoms with Gasteiger partial charge in [0.25, 0.3) is 0 Å². The Morgan fingerprint density at radius 1 is 1.21 bits per heavy atom. The molecule has 2 aromatic carbocycles. The van der Waals surface area contributed by atoms with E-state index in [0.29, 0.717) is 18.0 Å². The molecule has 0 aliphatic carbocycles. The van der Waals surface area contributed by atoms with E-state index in [4.69, 9.17) is 21.7 Å². The smallest absolute Gasteiger partial charge is 0.416 e. The zero-order chi connectivity index (χ0) is 24.9. The normalized spacial score (nSPS) is 15.5. The average Bonchev–Trinajstić information content (AvgIpc) is 3.27. The van der Waals surface area contributed by atoms with Crippen molar-refractivity contribution in [2.45, 2.75) is 25.6 Å². The predicted octanol–water partition coefficient (Wildman–Crippen LogP) is 4.98. The number of carbonyl (C=O) groups excluding carboxylic acids is 1. The third-order valence-electron chi connectivity index (χ3n) is 5.14. The molecule has 1 N–H and O–H groups in total.